The summed E-state index contributed by atoms with van der Waals surface area (Å²) in [6, 6.07) is 8.72. The molecule has 0 fully saturated rings. The molecule has 104 valence electrons. The molecule has 1 aromatic carbocycles. The number of benzene rings is 1. The maximum Gasteiger partial charge on any atom is 0.0732 e. The van der Waals surface area contributed by atoms with Crippen LogP contribution in [0, 0.1) is 0 Å². The minimum Gasteiger partial charge on any atom is -0.376 e. The van der Waals surface area contributed by atoms with E-state index in [0.29, 0.717) is 5.37 Å². The second-order valence-corrected chi connectivity index (χ2v) is 10.4. The van der Waals surface area contributed by atoms with Gasteiger partial charge in [-0.1, -0.05) is 25.2 Å². The van der Waals surface area contributed by atoms with Crippen LogP contribution >= 0.6 is 30.1 Å². The Morgan fingerprint density at radius 1 is 1.37 bits per heavy atom. The molecule has 0 bridgehead atoms. The van der Waals surface area contributed by atoms with E-state index < -0.39 is 6.75 Å². The normalized spacial score (nSPS) is 19.7. The molecular weight excluding hydrogens is 291 g/mol. The summed E-state index contributed by atoms with van der Waals surface area (Å²) in [4.78, 5) is 0. The van der Waals surface area contributed by atoms with E-state index in [0.717, 1.165) is 12.8 Å². The highest BCUT2D eigenvalue weighted by Gasteiger charge is 2.10. The van der Waals surface area contributed by atoms with E-state index in [4.69, 9.17) is 0 Å². The molecular formula is C14H21N2PS2. The second-order valence-electron chi connectivity index (χ2n) is 4.67. The quantitative estimate of drug-likeness (QED) is 0.601. The lowest BCUT2D eigenvalue weighted by molar-refractivity contribution is 0.757. The van der Waals surface area contributed by atoms with Gasteiger partial charge in [0.15, 0.2) is 0 Å². The zero-order valence-corrected chi connectivity index (χ0v) is 14.0. The van der Waals surface area contributed by atoms with Crippen molar-refractivity contribution in [3.05, 3.63) is 40.9 Å². The largest absolute Gasteiger partial charge is 0.376 e. The van der Waals surface area contributed by atoms with Crippen molar-refractivity contribution in [2.75, 3.05) is 11.4 Å². The lowest BCUT2D eigenvalue weighted by Gasteiger charge is -2.09. The highest BCUT2D eigenvalue weighted by Crippen LogP contribution is 2.33. The first-order valence-corrected chi connectivity index (χ1v) is 11.1. The van der Waals surface area contributed by atoms with Crippen LogP contribution in [0.4, 0.5) is 5.69 Å². The van der Waals surface area contributed by atoms with Gasteiger partial charge in [-0.2, -0.15) is 0 Å². The monoisotopic (exact) mass is 312 g/mol. The first-order chi connectivity index (χ1) is 9.13. The molecule has 0 radical (unpaired) electrons. The Labute approximate surface area is 125 Å². The number of thioether (sulfide) groups is 1. The fourth-order valence-electron chi connectivity index (χ4n) is 1.81. The minimum atomic E-state index is -0.531. The van der Waals surface area contributed by atoms with Crippen molar-refractivity contribution in [3.8, 4) is 0 Å². The second kappa shape index (κ2) is 7.37. The van der Waals surface area contributed by atoms with Gasteiger partial charge in [0.2, 0.25) is 0 Å². The van der Waals surface area contributed by atoms with Crippen molar-refractivity contribution >= 4 is 42.1 Å². The van der Waals surface area contributed by atoms with Crippen molar-refractivity contribution in [1.29, 1.82) is 0 Å². The van der Waals surface area contributed by atoms with Gasteiger partial charge in [-0.25, -0.2) is 0 Å². The Morgan fingerprint density at radius 3 is 2.68 bits per heavy atom. The average Bonchev–Trinajstić information content (AvgIpc) is 2.81. The Morgan fingerprint density at radius 2 is 2.11 bits per heavy atom. The number of anilines is 1. The molecule has 1 aliphatic heterocycles. The average molecular weight is 312 g/mol. The summed E-state index contributed by atoms with van der Waals surface area (Å²) in [5, 5.41) is 6.25. The first kappa shape index (κ1) is 15.0. The van der Waals surface area contributed by atoms with E-state index >= 15 is 0 Å². The summed E-state index contributed by atoms with van der Waals surface area (Å²) in [6.45, 7) is 3.84. The van der Waals surface area contributed by atoms with Crippen LogP contribution < -0.4 is 10.0 Å². The van der Waals surface area contributed by atoms with Gasteiger partial charge in [-0.3, -0.25) is 0 Å². The Hall–Kier alpha value is -0.440. The molecule has 2 atom stereocenters. The molecule has 19 heavy (non-hydrogen) atoms. The molecule has 1 heterocycles. The van der Waals surface area contributed by atoms with Crippen LogP contribution in [0.2, 0.25) is 0 Å². The van der Waals surface area contributed by atoms with E-state index in [1.807, 2.05) is 11.8 Å². The van der Waals surface area contributed by atoms with Gasteiger partial charge < -0.3 is 10.0 Å². The van der Waals surface area contributed by atoms with Crippen LogP contribution in [0.3, 0.4) is 0 Å². The lowest BCUT2D eigenvalue weighted by Crippen LogP contribution is -2.16. The van der Waals surface area contributed by atoms with Gasteiger partial charge >= 0.3 is 0 Å². The number of hydrogen-bond acceptors (Lipinski definition) is 4. The van der Waals surface area contributed by atoms with Gasteiger partial charge in [-0.15, -0.1) is 11.8 Å². The third kappa shape index (κ3) is 5.21. The molecule has 2 nitrogen and oxygen atoms in total. The van der Waals surface area contributed by atoms with Crippen molar-refractivity contribution in [2.45, 2.75) is 25.1 Å². The lowest BCUT2D eigenvalue weighted by atomic mass is 10.1. The fourth-order valence-corrected chi connectivity index (χ4v) is 3.89. The number of allylic oxidation sites excluding steroid dienone is 1. The third-order valence-electron chi connectivity index (χ3n) is 2.78. The summed E-state index contributed by atoms with van der Waals surface area (Å²) < 4.78 is 3.35. The molecule has 0 aliphatic carbocycles. The van der Waals surface area contributed by atoms with Gasteiger partial charge in [0.05, 0.1) is 5.37 Å². The molecule has 2 rings (SSSR count). The van der Waals surface area contributed by atoms with Gasteiger partial charge in [0.25, 0.3) is 0 Å². The number of nitrogens with one attached hydrogen (secondary N) is 2. The Kier molecular flexibility index (Phi) is 5.80. The zero-order valence-electron chi connectivity index (χ0n) is 11.4. The highest BCUT2D eigenvalue weighted by molar-refractivity contribution is 8.54. The minimum absolute atomic E-state index is 0.531. The summed E-state index contributed by atoms with van der Waals surface area (Å²) in [7, 11) is 0. The molecule has 0 saturated heterocycles. The highest BCUT2D eigenvalue weighted by atomic mass is 32.7. The van der Waals surface area contributed by atoms with Crippen molar-refractivity contribution in [1.82, 2.24) is 5.32 Å². The molecule has 1 unspecified atom stereocenters. The topological polar surface area (TPSA) is 24.1 Å². The predicted molar refractivity (Wildman–Crippen MR) is 95.6 cm³/mol. The molecule has 1 aliphatic rings. The van der Waals surface area contributed by atoms with Crippen LogP contribution in [0.15, 0.2) is 35.4 Å². The van der Waals surface area contributed by atoms with Gasteiger partial charge in [-0.05, 0) is 61.1 Å². The van der Waals surface area contributed by atoms with E-state index in [-0.39, 0.29) is 0 Å². The van der Waals surface area contributed by atoms with Crippen LogP contribution in [0.5, 0.6) is 0 Å². The maximum absolute atomic E-state index is 4.04. The molecule has 1 aromatic rings. The van der Waals surface area contributed by atoms with Crippen molar-refractivity contribution in [2.24, 2.45) is 0 Å². The number of aryl methyl sites for hydroxylation is 1. The van der Waals surface area contributed by atoms with Crippen molar-refractivity contribution < 1.29 is 0 Å². The molecule has 0 saturated carbocycles. The molecule has 0 aromatic heterocycles. The molecule has 2 N–H and O–H groups in total. The third-order valence-corrected chi connectivity index (χ3v) is 5.77. The Balaban J connectivity index is 1.80. The summed E-state index contributed by atoms with van der Waals surface area (Å²) in [6.07, 6.45) is 6.23. The number of rotatable bonds is 6. The van der Waals surface area contributed by atoms with E-state index in [1.54, 1.807) is 11.6 Å². The fraction of sp³-hybridized carbons (Fsp3) is 0.357. The predicted octanol–water partition coefficient (Wildman–Crippen LogP) is 4.39. The first-order valence-electron chi connectivity index (χ1n) is 6.42. The standard InChI is InChI=1S/C14H21N2PS2/c1-11-15-14(10-18-11)9-6-12-4-7-13(8-5-12)16-19-17(2)3/h4-5,7-8,10-11,15-17H,2,6,9H2,1,3H3/t11-/m0/s1. The molecule has 0 spiro atoms. The smallest absolute Gasteiger partial charge is 0.0732 e. The summed E-state index contributed by atoms with van der Waals surface area (Å²) in [5.74, 6) is 0. The summed E-state index contributed by atoms with van der Waals surface area (Å²) in [5.41, 5.74) is 3.93. The molecule has 0 amide bonds. The molecule has 5 heteroatoms. The number of hydrogen-bond donors (Lipinski definition) is 2. The van der Waals surface area contributed by atoms with Crippen LogP contribution in [-0.2, 0) is 6.42 Å². The summed E-state index contributed by atoms with van der Waals surface area (Å²) >= 11 is 3.61. The van der Waals surface area contributed by atoms with Crippen LogP contribution in [0.1, 0.15) is 18.9 Å². The van der Waals surface area contributed by atoms with E-state index in [9.17, 15) is 0 Å². The van der Waals surface area contributed by atoms with E-state index in [1.165, 1.54) is 16.9 Å². The zero-order chi connectivity index (χ0) is 13.7. The van der Waals surface area contributed by atoms with Crippen LogP contribution in [-0.4, -0.2) is 18.3 Å². The van der Waals surface area contributed by atoms with Gasteiger partial charge in [0.1, 0.15) is 0 Å². The van der Waals surface area contributed by atoms with Gasteiger partial charge in [0, 0.05) is 11.4 Å². The Bertz CT molecular complexity index is 471. The van der Waals surface area contributed by atoms with E-state index in [2.05, 4.69) is 59.6 Å². The maximum atomic E-state index is 4.04. The van der Waals surface area contributed by atoms with Crippen molar-refractivity contribution in [3.63, 3.8) is 0 Å². The SMILES string of the molecule is C=[PH](C)SNc1ccc(CCC2=CS[C@@H](C)N2)cc1. The van der Waals surface area contributed by atoms with Crippen LogP contribution in [0.25, 0.3) is 0 Å².